The molecule has 4 aromatic carbocycles. The number of ether oxygens (including phenoxy) is 1. The molecule has 0 heterocycles. The normalized spacial score (nSPS) is 11.1. The number of methoxy groups -OCH3 is 1. The molecular weight excluding hydrogens is 494 g/mol. The van der Waals surface area contributed by atoms with Crippen LogP contribution in [0, 0.1) is 0 Å². The molecule has 38 heavy (non-hydrogen) atoms. The SMILES string of the molecule is COc1ccc(C(=Cc2ccc(SC)cc2)C(=O)NCc2ccc(C(=O)Nc3ccccc3N)cc2)cc1. The maximum absolute atomic E-state index is 13.3. The molecule has 192 valence electrons. The number of para-hydroxylation sites is 2. The summed E-state index contributed by atoms with van der Waals surface area (Å²) in [4.78, 5) is 27.1. The molecule has 4 aromatic rings. The van der Waals surface area contributed by atoms with Crippen molar-refractivity contribution in [3.05, 3.63) is 119 Å². The summed E-state index contributed by atoms with van der Waals surface area (Å²) in [5, 5.41) is 5.82. The lowest BCUT2D eigenvalue weighted by Crippen LogP contribution is -2.24. The fraction of sp³-hybridized carbons (Fsp3) is 0.0968. The van der Waals surface area contributed by atoms with E-state index in [4.69, 9.17) is 10.5 Å². The van der Waals surface area contributed by atoms with Crippen molar-refractivity contribution >= 4 is 46.6 Å². The Morgan fingerprint density at radius 3 is 2.16 bits per heavy atom. The van der Waals surface area contributed by atoms with Crippen LogP contribution in [0.15, 0.2) is 102 Å². The predicted molar refractivity (Wildman–Crippen MR) is 156 cm³/mol. The number of carbonyl (C=O) groups excluding carboxylic acids is 2. The number of amides is 2. The van der Waals surface area contributed by atoms with Crippen molar-refractivity contribution < 1.29 is 14.3 Å². The molecule has 6 nitrogen and oxygen atoms in total. The lowest BCUT2D eigenvalue weighted by atomic mass is 10.0. The molecule has 4 rings (SSSR count). The molecule has 0 saturated heterocycles. The maximum atomic E-state index is 13.3. The Morgan fingerprint density at radius 1 is 0.868 bits per heavy atom. The molecule has 0 aliphatic rings. The second-order valence-corrected chi connectivity index (χ2v) is 9.36. The van der Waals surface area contributed by atoms with E-state index in [1.165, 1.54) is 0 Å². The van der Waals surface area contributed by atoms with Crippen molar-refractivity contribution in [1.29, 1.82) is 0 Å². The maximum Gasteiger partial charge on any atom is 0.255 e. The van der Waals surface area contributed by atoms with Gasteiger partial charge < -0.3 is 21.1 Å². The molecule has 0 aliphatic carbocycles. The number of carbonyl (C=O) groups is 2. The highest BCUT2D eigenvalue weighted by Gasteiger charge is 2.13. The highest BCUT2D eigenvalue weighted by molar-refractivity contribution is 7.98. The third-order valence-electron chi connectivity index (χ3n) is 5.95. The molecule has 4 N–H and O–H groups in total. The van der Waals surface area contributed by atoms with Gasteiger partial charge in [-0.05, 0) is 77.6 Å². The first kappa shape index (κ1) is 26.6. The average Bonchev–Trinajstić information content (AvgIpc) is 2.96. The smallest absolute Gasteiger partial charge is 0.255 e. The number of thioether (sulfide) groups is 1. The van der Waals surface area contributed by atoms with Gasteiger partial charge in [-0.2, -0.15) is 0 Å². The lowest BCUT2D eigenvalue weighted by molar-refractivity contribution is -0.115. The highest BCUT2D eigenvalue weighted by Crippen LogP contribution is 2.24. The van der Waals surface area contributed by atoms with Crippen LogP contribution in [0.5, 0.6) is 5.75 Å². The summed E-state index contributed by atoms with van der Waals surface area (Å²) in [5.41, 5.74) is 10.6. The summed E-state index contributed by atoms with van der Waals surface area (Å²) in [6.07, 6.45) is 3.91. The van der Waals surface area contributed by atoms with Gasteiger partial charge in [0, 0.05) is 22.6 Å². The highest BCUT2D eigenvalue weighted by atomic mass is 32.2. The summed E-state index contributed by atoms with van der Waals surface area (Å²) in [5.74, 6) is 0.262. The van der Waals surface area contributed by atoms with Gasteiger partial charge >= 0.3 is 0 Å². The average molecular weight is 524 g/mol. The summed E-state index contributed by atoms with van der Waals surface area (Å²) in [6.45, 7) is 0.311. The van der Waals surface area contributed by atoms with Crippen LogP contribution < -0.4 is 21.1 Å². The van der Waals surface area contributed by atoms with Crippen LogP contribution >= 0.6 is 11.8 Å². The second kappa shape index (κ2) is 12.7. The van der Waals surface area contributed by atoms with Crippen LogP contribution in [0.1, 0.15) is 27.0 Å². The molecule has 0 saturated carbocycles. The van der Waals surface area contributed by atoms with E-state index in [0.717, 1.165) is 27.3 Å². The van der Waals surface area contributed by atoms with Crippen molar-refractivity contribution in [3.8, 4) is 5.75 Å². The van der Waals surface area contributed by atoms with Gasteiger partial charge in [0.15, 0.2) is 0 Å². The third-order valence-corrected chi connectivity index (χ3v) is 6.69. The minimum Gasteiger partial charge on any atom is -0.497 e. The standard InChI is InChI=1S/C31H29N3O3S/c1-37-25-15-13-23(14-16-25)27(19-21-9-17-26(38-2)18-10-21)31(36)33-20-22-7-11-24(12-8-22)30(35)34-29-6-4-3-5-28(29)32/h3-19H,20,32H2,1-2H3,(H,33,36)(H,34,35). The fourth-order valence-corrected chi connectivity index (χ4v) is 4.18. The monoisotopic (exact) mass is 523 g/mol. The first-order chi connectivity index (χ1) is 18.5. The van der Waals surface area contributed by atoms with Crippen LogP contribution in [-0.4, -0.2) is 25.2 Å². The van der Waals surface area contributed by atoms with Gasteiger partial charge in [-0.15, -0.1) is 11.8 Å². The van der Waals surface area contributed by atoms with Gasteiger partial charge in [-0.25, -0.2) is 0 Å². The van der Waals surface area contributed by atoms with E-state index in [0.29, 0.717) is 29.1 Å². The second-order valence-electron chi connectivity index (χ2n) is 8.48. The molecule has 0 unspecified atom stereocenters. The number of hydrogen-bond donors (Lipinski definition) is 3. The molecule has 0 fully saturated rings. The van der Waals surface area contributed by atoms with Gasteiger partial charge in [-0.3, -0.25) is 9.59 Å². The molecule has 2 amide bonds. The van der Waals surface area contributed by atoms with Crippen molar-refractivity contribution in [2.24, 2.45) is 0 Å². The number of nitrogens with two attached hydrogens (primary N) is 1. The number of nitrogens with one attached hydrogen (secondary N) is 2. The Morgan fingerprint density at radius 2 is 1.53 bits per heavy atom. The number of rotatable bonds is 9. The summed E-state index contributed by atoms with van der Waals surface area (Å²) < 4.78 is 5.27. The topological polar surface area (TPSA) is 93.4 Å². The Kier molecular flexibility index (Phi) is 8.85. The van der Waals surface area contributed by atoms with Gasteiger partial charge in [0.1, 0.15) is 5.75 Å². The number of nitrogen functional groups attached to an aromatic ring is 1. The molecular formula is C31H29N3O3S. The molecule has 0 aromatic heterocycles. The molecule has 0 atom stereocenters. The molecule has 0 spiro atoms. The minimum atomic E-state index is -0.254. The van der Waals surface area contributed by atoms with E-state index in [-0.39, 0.29) is 11.8 Å². The van der Waals surface area contributed by atoms with Crippen LogP contribution in [0.2, 0.25) is 0 Å². The zero-order valence-electron chi connectivity index (χ0n) is 21.2. The predicted octanol–water partition coefficient (Wildman–Crippen LogP) is 6.11. The van der Waals surface area contributed by atoms with E-state index >= 15 is 0 Å². The Bertz CT molecular complexity index is 1430. The van der Waals surface area contributed by atoms with Crippen LogP contribution in [0.3, 0.4) is 0 Å². The van der Waals surface area contributed by atoms with Gasteiger partial charge in [0.25, 0.3) is 11.8 Å². The number of benzene rings is 4. The van der Waals surface area contributed by atoms with E-state index in [1.54, 1.807) is 43.1 Å². The van der Waals surface area contributed by atoms with E-state index in [9.17, 15) is 9.59 Å². The zero-order chi connectivity index (χ0) is 26.9. The summed E-state index contributed by atoms with van der Waals surface area (Å²) in [7, 11) is 1.61. The van der Waals surface area contributed by atoms with E-state index in [2.05, 4.69) is 10.6 Å². The Balaban J connectivity index is 1.47. The van der Waals surface area contributed by atoms with Crippen molar-refractivity contribution in [1.82, 2.24) is 5.32 Å². The zero-order valence-corrected chi connectivity index (χ0v) is 22.0. The van der Waals surface area contributed by atoms with Crippen molar-refractivity contribution in [2.45, 2.75) is 11.4 Å². The van der Waals surface area contributed by atoms with Gasteiger partial charge in [0.05, 0.1) is 18.5 Å². The fourth-order valence-electron chi connectivity index (χ4n) is 3.77. The quantitative estimate of drug-likeness (QED) is 0.107. The molecule has 0 radical (unpaired) electrons. The number of hydrogen-bond acceptors (Lipinski definition) is 5. The third kappa shape index (κ3) is 6.83. The first-order valence-electron chi connectivity index (χ1n) is 12.0. The number of anilines is 2. The molecule has 7 heteroatoms. The first-order valence-corrected chi connectivity index (χ1v) is 13.2. The van der Waals surface area contributed by atoms with Gasteiger partial charge in [-0.1, -0.05) is 48.5 Å². The van der Waals surface area contributed by atoms with Crippen LogP contribution in [0.25, 0.3) is 11.6 Å². The van der Waals surface area contributed by atoms with Crippen LogP contribution in [0.4, 0.5) is 11.4 Å². The van der Waals surface area contributed by atoms with Crippen molar-refractivity contribution in [2.75, 3.05) is 24.4 Å². The van der Waals surface area contributed by atoms with E-state index < -0.39 is 0 Å². The largest absolute Gasteiger partial charge is 0.497 e. The summed E-state index contributed by atoms with van der Waals surface area (Å²) in [6, 6.07) is 29.7. The summed E-state index contributed by atoms with van der Waals surface area (Å²) >= 11 is 1.67. The Labute approximate surface area is 226 Å². The van der Waals surface area contributed by atoms with Gasteiger partial charge in [0.2, 0.25) is 0 Å². The van der Waals surface area contributed by atoms with Crippen LogP contribution in [-0.2, 0) is 11.3 Å². The lowest BCUT2D eigenvalue weighted by Gasteiger charge is -2.12. The van der Waals surface area contributed by atoms with Crippen molar-refractivity contribution in [3.63, 3.8) is 0 Å². The minimum absolute atomic E-state index is 0.203. The Hall–Kier alpha value is -4.49. The molecule has 0 aliphatic heterocycles. The molecule has 0 bridgehead atoms. The van der Waals surface area contributed by atoms with E-state index in [1.807, 2.05) is 85.1 Å².